The number of thiazole rings is 1. The molecule has 2 aromatic carbocycles. The number of likely N-dealkylation sites (N-methyl/N-ethyl adjacent to an activating group) is 1. The first kappa shape index (κ1) is 22.8. The second-order valence-corrected chi connectivity index (χ2v) is 8.59. The summed E-state index contributed by atoms with van der Waals surface area (Å²) in [4.78, 5) is 32.7. The van der Waals surface area contributed by atoms with Crippen molar-refractivity contribution in [3.63, 3.8) is 0 Å². The first-order valence-electron chi connectivity index (χ1n) is 10.5. The number of rotatable bonds is 9. The molecule has 1 heterocycles. The van der Waals surface area contributed by atoms with Crippen molar-refractivity contribution >= 4 is 38.3 Å². The molecule has 0 aliphatic rings. The summed E-state index contributed by atoms with van der Waals surface area (Å²) in [6.07, 6.45) is 0.292. The largest absolute Gasteiger partial charge is 0.302 e. The van der Waals surface area contributed by atoms with Gasteiger partial charge in [0.05, 0.1) is 21.6 Å². The Morgan fingerprint density at radius 3 is 2.48 bits per heavy atom. The lowest BCUT2D eigenvalue weighted by Crippen LogP contribution is -2.39. The molecule has 0 aliphatic heterocycles. The highest BCUT2D eigenvalue weighted by atomic mass is 32.1. The van der Waals surface area contributed by atoms with Crippen molar-refractivity contribution in [1.82, 2.24) is 9.88 Å². The molecule has 0 spiro atoms. The van der Waals surface area contributed by atoms with Crippen LogP contribution in [0.3, 0.4) is 0 Å². The van der Waals surface area contributed by atoms with Crippen molar-refractivity contribution in [3.8, 4) is 0 Å². The number of hydrogen-bond acceptors (Lipinski definition) is 6. The molecule has 3 rings (SSSR count). The normalized spacial score (nSPS) is 11.3. The molecule has 1 aromatic heterocycles. The van der Waals surface area contributed by atoms with Gasteiger partial charge in [0.25, 0.3) is 5.69 Å². The summed E-state index contributed by atoms with van der Waals surface area (Å²) in [7, 11) is 0. The molecule has 0 saturated heterocycles. The standard InChI is InChI=1S/C23H28N4O3S/c1-5-25(6-2)11-12-26(22(28)14-18-8-7-16(3)13-17(18)4)23-24-20-10-9-19(27(29)30)15-21(20)31-23/h7-10,13,15H,5-6,11-12,14H2,1-4H3. The fourth-order valence-corrected chi connectivity index (χ4v) is 4.58. The van der Waals surface area contributed by atoms with E-state index in [-0.39, 0.29) is 11.6 Å². The minimum Gasteiger partial charge on any atom is -0.302 e. The minimum atomic E-state index is -0.414. The second-order valence-electron chi connectivity index (χ2n) is 7.58. The lowest BCUT2D eigenvalue weighted by atomic mass is 10.0. The molecule has 7 nitrogen and oxygen atoms in total. The maximum absolute atomic E-state index is 13.4. The van der Waals surface area contributed by atoms with E-state index in [4.69, 9.17) is 0 Å². The first-order chi connectivity index (χ1) is 14.8. The van der Waals surface area contributed by atoms with Crippen LogP contribution < -0.4 is 4.90 Å². The number of nitro groups is 1. The zero-order chi connectivity index (χ0) is 22.5. The van der Waals surface area contributed by atoms with Gasteiger partial charge < -0.3 is 4.90 Å². The fourth-order valence-electron chi connectivity index (χ4n) is 3.54. The van der Waals surface area contributed by atoms with Crippen LogP contribution in [0.25, 0.3) is 10.2 Å². The number of anilines is 1. The van der Waals surface area contributed by atoms with E-state index in [0.717, 1.165) is 30.8 Å². The van der Waals surface area contributed by atoms with Crippen molar-refractivity contribution in [2.45, 2.75) is 34.1 Å². The smallest absolute Gasteiger partial charge is 0.270 e. The molecule has 0 saturated carbocycles. The van der Waals surface area contributed by atoms with Crippen molar-refractivity contribution in [1.29, 1.82) is 0 Å². The van der Waals surface area contributed by atoms with Gasteiger partial charge in [-0.1, -0.05) is 48.9 Å². The van der Waals surface area contributed by atoms with E-state index < -0.39 is 4.92 Å². The van der Waals surface area contributed by atoms with Crippen LogP contribution in [0.1, 0.15) is 30.5 Å². The first-order valence-corrected chi connectivity index (χ1v) is 11.3. The molecule has 0 aliphatic carbocycles. The van der Waals surface area contributed by atoms with E-state index >= 15 is 0 Å². The monoisotopic (exact) mass is 440 g/mol. The van der Waals surface area contributed by atoms with Crippen LogP contribution in [-0.4, -0.2) is 46.9 Å². The zero-order valence-corrected chi connectivity index (χ0v) is 19.2. The number of hydrogen-bond donors (Lipinski definition) is 0. The van der Waals surface area contributed by atoms with Crippen molar-refractivity contribution in [2.24, 2.45) is 0 Å². The predicted molar refractivity (Wildman–Crippen MR) is 126 cm³/mol. The number of non-ortho nitro benzene ring substituents is 1. The highest BCUT2D eigenvalue weighted by Crippen LogP contribution is 2.32. The van der Waals surface area contributed by atoms with Crippen molar-refractivity contribution in [2.75, 3.05) is 31.1 Å². The van der Waals surface area contributed by atoms with Gasteiger partial charge in [-0.15, -0.1) is 0 Å². The number of aromatic nitrogens is 1. The molecule has 0 fully saturated rings. The average Bonchev–Trinajstić information content (AvgIpc) is 3.16. The van der Waals surface area contributed by atoms with Gasteiger partial charge in [-0.25, -0.2) is 4.98 Å². The van der Waals surface area contributed by atoms with E-state index in [1.165, 1.54) is 29.0 Å². The Labute approximate surface area is 186 Å². The summed E-state index contributed by atoms with van der Waals surface area (Å²) >= 11 is 1.32. The van der Waals surface area contributed by atoms with E-state index in [1.807, 2.05) is 26.0 Å². The molecule has 0 radical (unpaired) electrons. The summed E-state index contributed by atoms with van der Waals surface area (Å²) in [6, 6.07) is 10.7. The van der Waals surface area contributed by atoms with Gasteiger partial charge in [-0.2, -0.15) is 0 Å². The van der Waals surface area contributed by atoms with Crippen molar-refractivity contribution in [3.05, 3.63) is 63.2 Å². The van der Waals surface area contributed by atoms with Gasteiger partial charge in [-0.3, -0.25) is 19.8 Å². The van der Waals surface area contributed by atoms with Gasteiger partial charge in [0, 0.05) is 25.2 Å². The number of carbonyl (C=O) groups excluding carboxylic acids is 1. The van der Waals surface area contributed by atoms with Crippen LogP contribution >= 0.6 is 11.3 Å². The second kappa shape index (κ2) is 9.98. The molecule has 31 heavy (non-hydrogen) atoms. The molecule has 3 aromatic rings. The molecular formula is C23H28N4O3S. The number of nitrogens with zero attached hydrogens (tertiary/aromatic N) is 4. The summed E-state index contributed by atoms with van der Waals surface area (Å²) in [5, 5.41) is 11.7. The third-order valence-corrected chi connectivity index (χ3v) is 6.52. The topological polar surface area (TPSA) is 79.6 Å². The van der Waals surface area contributed by atoms with E-state index in [9.17, 15) is 14.9 Å². The third kappa shape index (κ3) is 5.45. The maximum Gasteiger partial charge on any atom is 0.270 e. The molecule has 0 unspecified atom stereocenters. The molecule has 0 N–H and O–H groups in total. The Balaban J connectivity index is 1.92. The average molecular weight is 441 g/mol. The lowest BCUT2D eigenvalue weighted by Gasteiger charge is -2.25. The number of nitro benzene ring substituents is 1. The number of aryl methyl sites for hydroxylation is 2. The van der Waals surface area contributed by atoms with Crippen LogP contribution in [0, 0.1) is 24.0 Å². The minimum absolute atomic E-state index is 0.0207. The fraction of sp³-hybridized carbons (Fsp3) is 0.391. The highest BCUT2D eigenvalue weighted by Gasteiger charge is 2.22. The Bertz CT molecular complexity index is 1090. The maximum atomic E-state index is 13.4. The van der Waals surface area contributed by atoms with Crippen LogP contribution in [-0.2, 0) is 11.2 Å². The van der Waals surface area contributed by atoms with Gasteiger partial charge in [0.15, 0.2) is 5.13 Å². The molecule has 8 heteroatoms. The quantitative estimate of drug-likeness (QED) is 0.355. The molecule has 1 amide bonds. The van der Waals surface area contributed by atoms with Crippen molar-refractivity contribution < 1.29 is 9.72 Å². The predicted octanol–water partition coefficient (Wildman–Crippen LogP) is 4.74. The third-order valence-electron chi connectivity index (χ3n) is 5.48. The molecule has 164 valence electrons. The Hall–Kier alpha value is -2.84. The van der Waals surface area contributed by atoms with Gasteiger partial charge in [0.1, 0.15) is 0 Å². The summed E-state index contributed by atoms with van der Waals surface area (Å²) in [5.41, 5.74) is 3.95. The van der Waals surface area contributed by atoms with E-state index in [2.05, 4.69) is 29.8 Å². The SMILES string of the molecule is CCN(CC)CCN(C(=O)Cc1ccc(C)cc1C)c1nc2ccc([N+](=O)[O-])cc2s1. The van der Waals surface area contributed by atoms with Gasteiger partial charge in [-0.05, 0) is 44.1 Å². The number of amides is 1. The zero-order valence-electron chi connectivity index (χ0n) is 18.4. The van der Waals surface area contributed by atoms with Gasteiger partial charge >= 0.3 is 0 Å². The number of carbonyl (C=O) groups is 1. The van der Waals surface area contributed by atoms with E-state index in [1.54, 1.807) is 11.0 Å². The lowest BCUT2D eigenvalue weighted by molar-refractivity contribution is -0.384. The van der Waals surface area contributed by atoms with Gasteiger partial charge in [0.2, 0.25) is 5.91 Å². The highest BCUT2D eigenvalue weighted by molar-refractivity contribution is 7.22. The Morgan fingerprint density at radius 2 is 1.84 bits per heavy atom. The summed E-state index contributed by atoms with van der Waals surface area (Å²) in [6.45, 7) is 11.3. The number of fused-ring (bicyclic) bond motifs is 1. The molecular weight excluding hydrogens is 412 g/mol. The summed E-state index contributed by atoms with van der Waals surface area (Å²) < 4.78 is 0.705. The van der Waals surface area contributed by atoms with E-state index in [0.29, 0.717) is 28.3 Å². The Morgan fingerprint density at radius 1 is 1.10 bits per heavy atom. The van der Waals surface area contributed by atoms with Crippen LogP contribution in [0.5, 0.6) is 0 Å². The molecule has 0 bridgehead atoms. The molecule has 0 atom stereocenters. The Kier molecular flexibility index (Phi) is 7.35. The number of benzene rings is 2. The van der Waals surface area contributed by atoms with Crippen LogP contribution in [0.15, 0.2) is 36.4 Å². The van der Waals surface area contributed by atoms with Crippen LogP contribution in [0.4, 0.5) is 10.8 Å². The van der Waals surface area contributed by atoms with Crippen LogP contribution in [0.2, 0.25) is 0 Å². The summed E-state index contributed by atoms with van der Waals surface area (Å²) in [5.74, 6) is -0.0207.